The van der Waals surface area contributed by atoms with Gasteiger partial charge in [-0.3, -0.25) is 4.68 Å². The molecule has 1 N–H and O–H groups in total. The van der Waals surface area contributed by atoms with Crippen molar-refractivity contribution in [2.75, 3.05) is 0 Å². The molecule has 0 saturated heterocycles. The Bertz CT molecular complexity index is 546. The molecule has 2 rings (SSSR count). The number of alkyl halides is 3. The van der Waals surface area contributed by atoms with Crippen LogP contribution in [-0.4, -0.2) is 14.9 Å². The zero-order valence-electron chi connectivity index (χ0n) is 8.86. The minimum absolute atomic E-state index is 0.364. The van der Waals surface area contributed by atoms with Crippen molar-refractivity contribution in [2.45, 2.75) is 6.18 Å². The first-order valence-electron chi connectivity index (χ1n) is 4.77. The Labute approximate surface area is 95.1 Å². The Morgan fingerprint density at radius 1 is 1.24 bits per heavy atom. The number of phenolic OH excluding ortho intramolecular Hbond substituents is 1. The molecule has 17 heavy (non-hydrogen) atoms. The van der Waals surface area contributed by atoms with E-state index in [0.29, 0.717) is 11.1 Å². The Hall–Kier alpha value is -1.98. The number of benzene rings is 1. The van der Waals surface area contributed by atoms with E-state index in [0.717, 1.165) is 12.1 Å². The molecule has 3 nitrogen and oxygen atoms in total. The third-order valence-electron chi connectivity index (χ3n) is 2.34. The lowest BCUT2D eigenvalue weighted by molar-refractivity contribution is -0.138. The first-order chi connectivity index (χ1) is 7.88. The molecule has 0 spiro atoms. The van der Waals surface area contributed by atoms with Crippen molar-refractivity contribution in [3.05, 3.63) is 36.2 Å². The summed E-state index contributed by atoms with van der Waals surface area (Å²) in [7, 11) is 1.68. The first-order valence-corrected chi connectivity index (χ1v) is 4.77. The summed E-state index contributed by atoms with van der Waals surface area (Å²) in [6.07, 6.45) is -1.50. The number of hydrogen-bond acceptors (Lipinski definition) is 2. The number of aromatic nitrogens is 2. The van der Waals surface area contributed by atoms with Crippen molar-refractivity contribution < 1.29 is 18.3 Å². The quantitative estimate of drug-likeness (QED) is 0.835. The fourth-order valence-electron chi connectivity index (χ4n) is 1.51. The van der Waals surface area contributed by atoms with Crippen molar-refractivity contribution >= 4 is 0 Å². The van der Waals surface area contributed by atoms with Gasteiger partial charge in [0.05, 0.1) is 11.8 Å². The maximum Gasteiger partial charge on any atom is 0.419 e. The average Bonchev–Trinajstić information content (AvgIpc) is 2.64. The molecule has 0 aliphatic rings. The number of hydrogen-bond donors (Lipinski definition) is 1. The van der Waals surface area contributed by atoms with Crippen LogP contribution in [0.2, 0.25) is 0 Å². The van der Waals surface area contributed by atoms with Crippen LogP contribution in [0.25, 0.3) is 11.1 Å². The van der Waals surface area contributed by atoms with Crippen LogP contribution in [0.5, 0.6) is 5.75 Å². The van der Waals surface area contributed by atoms with E-state index in [2.05, 4.69) is 5.10 Å². The smallest absolute Gasteiger partial charge is 0.419 e. The number of aryl methyl sites for hydroxylation is 1. The second-order valence-corrected chi connectivity index (χ2v) is 3.63. The molecule has 6 heteroatoms. The van der Waals surface area contributed by atoms with Crippen LogP contribution < -0.4 is 0 Å². The highest BCUT2D eigenvalue weighted by atomic mass is 19.4. The van der Waals surface area contributed by atoms with Crippen LogP contribution in [0.1, 0.15) is 5.56 Å². The number of nitrogens with zero attached hydrogens (tertiary/aromatic N) is 2. The van der Waals surface area contributed by atoms with Gasteiger partial charge in [0.15, 0.2) is 0 Å². The van der Waals surface area contributed by atoms with Gasteiger partial charge < -0.3 is 5.11 Å². The van der Waals surface area contributed by atoms with Crippen molar-refractivity contribution in [2.24, 2.45) is 7.05 Å². The molecule has 0 amide bonds. The fourth-order valence-corrected chi connectivity index (χ4v) is 1.51. The maximum atomic E-state index is 12.6. The van der Waals surface area contributed by atoms with Gasteiger partial charge in [-0.15, -0.1) is 0 Å². The van der Waals surface area contributed by atoms with Crippen molar-refractivity contribution in [3.63, 3.8) is 0 Å². The summed E-state index contributed by atoms with van der Waals surface area (Å²) < 4.78 is 39.2. The standard InChI is InChI=1S/C11H9F3N2O/c1-16-6-8(5-15-16)7-2-3-10(17)9(4-7)11(12,13)14/h2-6,17H,1H3. The number of rotatable bonds is 1. The third-order valence-corrected chi connectivity index (χ3v) is 2.34. The summed E-state index contributed by atoms with van der Waals surface area (Å²) in [5.41, 5.74) is -0.111. The second kappa shape index (κ2) is 3.80. The van der Waals surface area contributed by atoms with E-state index in [1.807, 2.05) is 0 Å². The molecule has 0 unspecified atom stereocenters. The maximum absolute atomic E-state index is 12.6. The SMILES string of the molecule is Cn1cc(-c2ccc(O)c(C(F)(F)F)c2)cn1. The lowest BCUT2D eigenvalue weighted by Gasteiger charge is -2.10. The zero-order chi connectivity index (χ0) is 12.6. The molecule has 1 heterocycles. The topological polar surface area (TPSA) is 38.0 Å². The van der Waals surface area contributed by atoms with Crippen LogP contribution in [-0.2, 0) is 13.2 Å². The highest BCUT2D eigenvalue weighted by Crippen LogP contribution is 2.37. The molecule has 0 aliphatic heterocycles. The minimum atomic E-state index is -4.57. The predicted molar refractivity (Wildman–Crippen MR) is 55.3 cm³/mol. The monoisotopic (exact) mass is 242 g/mol. The fraction of sp³-hybridized carbons (Fsp3) is 0.182. The summed E-state index contributed by atoms with van der Waals surface area (Å²) in [4.78, 5) is 0. The Morgan fingerprint density at radius 2 is 1.94 bits per heavy atom. The number of halogens is 3. The Balaban J connectivity index is 2.51. The molecule has 0 bridgehead atoms. The molecular weight excluding hydrogens is 233 g/mol. The Morgan fingerprint density at radius 3 is 2.47 bits per heavy atom. The first kappa shape index (κ1) is 11.5. The summed E-state index contributed by atoms with van der Waals surface area (Å²) in [6.45, 7) is 0. The molecule has 1 aromatic heterocycles. The van der Waals surface area contributed by atoms with E-state index in [1.165, 1.54) is 16.9 Å². The summed E-state index contributed by atoms with van der Waals surface area (Å²) in [5.74, 6) is -0.773. The third kappa shape index (κ3) is 2.25. The van der Waals surface area contributed by atoms with Crippen LogP contribution in [0.15, 0.2) is 30.6 Å². The van der Waals surface area contributed by atoms with E-state index in [4.69, 9.17) is 0 Å². The van der Waals surface area contributed by atoms with E-state index in [-0.39, 0.29) is 0 Å². The van der Waals surface area contributed by atoms with Crippen molar-refractivity contribution in [3.8, 4) is 16.9 Å². The average molecular weight is 242 g/mol. The van der Waals surface area contributed by atoms with Gasteiger partial charge in [0.25, 0.3) is 0 Å². The van der Waals surface area contributed by atoms with E-state index < -0.39 is 17.5 Å². The van der Waals surface area contributed by atoms with Gasteiger partial charge in [-0.1, -0.05) is 6.07 Å². The summed E-state index contributed by atoms with van der Waals surface area (Å²) in [6, 6.07) is 3.36. The molecule has 0 saturated carbocycles. The Kier molecular flexibility index (Phi) is 2.57. The van der Waals surface area contributed by atoms with Gasteiger partial charge in [0.2, 0.25) is 0 Å². The van der Waals surface area contributed by atoms with Gasteiger partial charge in [0, 0.05) is 18.8 Å². The number of phenols is 1. The van der Waals surface area contributed by atoms with E-state index in [9.17, 15) is 18.3 Å². The number of aromatic hydroxyl groups is 1. The zero-order valence-corrected chi connectivity index (χ0v) is 8.86. The molecule has 1 aromatic carbocycles. The molecule has 2 aromatic rings. The van der Waals surface area contributed by atoms with Crippen LogP contribution >= 0.6 is 0 Å². The van der Waals surface area contributed by atoms with E-state index in [1.54, 1.807) is 13.2 Å². The predicted octanol–water partition coefficient (Wildman–Crippen LogP) is 2.81. The summed E-state index contributed by atoms with van der Waals surface area (Å²) in [5, 5.41) is 13.1. The summed E-state index contributed by atoms with van der Waals surface area (Å²) >= 11 is 0. The van der Waals surface area contributed by atoms with Crippen molar-refractivity contribution in [1.82, 2.24) is 9.78 Å². The van der Waals surface area contributed by atoms with Crippen LogP contribution in [0.3, 0.4) is 0 Å². The minimum Gasteiger partial charge on any atom is -0.507 e. The van der Waals surface area contributed by atoms with Gasteiger partial charge in [0.1, 0.15) is 5.75 Å². The van der Waals surface area contributed by atoms with Crippen molar-refractivity contribution in [1.29, 1.82) is 0 Å². The molecule has 0 radical (unpaired) electrons. The molecule has 0 fully saturated rings. The van der Waals surface area contributed by atoms with E-state index >= 15 is 0 Å². The van der Waals surface area contributed by atoms with Gasteiger partial charge >= 0.3 is 6.18 Å². The van der Waals surface area contributed by atoms with Gasteiger partial charge in [-0.05, 0) is 17.7 Å². The highest BCUT2D eigenvalue weighted by Gasteiger charge is 2.34. The van der Waals surface area contributed by atoms with Gasteiger partial charge in [-0.25, -0.2) is 0 Å². The van der Waals surface area contributed by atoms with Crippen LogP contribution in [0.4, 0.5) is 13.2 Å². The lowest BCUT2D eigenvalue weighted by Crippen LogP contribution is -2.05. The molecule has 90 valence electrons. The largest absolute Gasteiger partial charge is 0.507 e. The molecule has 0 aliphatic carbocycles. The normalized spacial score (nSPS) is 11.8. The van der Waals surface area contributed by atoms with Crippen LogP contribution in [0, 0.1) is 0 Å². The highest BCUT2D eigenvalue weighted by molar-refractivity contribution is 5.64. The lowest BCUT2D eigenvalue weighted by atomic mass is 10.1. The molecular formula is C11H9F3N2O. The molecule has 0 atom stereocenters. The second-order valence-electron chi connectivity index (χ2n) is 3.63. The van der Waals surface area contributed by atoms with Gasteiger partial charge in [-0.2, -0.15) is 18.3 Å².